The molecule has 1 fully saturated rings. The third-order valence-corrected chi connectivity index (χ3v) is 5.35. The van der Waals surface area contributed by atoms with Crippen LogP contribution in [0.4, 0.5) is 0 Å². The SMILES string of the molecule is Cc1nc2ccccc2n1CC(=O)NC1CCN(Cc2ccccc2)CC1. The molecule has 1 aliphatic rings. The van der Waals surface area contributed by atoms with E-state index < -0.39 is 0 Å². The van der Waals surface area contributed by atoms with Crippen molar-refractivity contribution in [2.45, 2.75) is 38.9 Å². The second kappa shape index (κ2) is 7.92. The van der Waals surface area contributed by atoms with E-state index in [0.29, 0.717) is 6.54 Å². The maximum absolute atomic E-state index is 12.6. The molecule has 5 heteroatoms. The van der Waals surface area contributed by atoms with E-state index in [4.69, 9.17) is 0 Å². The van der Waals surface area contributed by atoms with E-state index >= 15 is 0 Å². The summed E-state index contributed by atoms with van der Waals surface area (Å²) in [6.45, 7) is 5.31. The molecular formula is C22H26N4O. The molecule has 3 aromatic rings. The zero-order valence-corrected chi connectivity index (χ0v) is 15.8. The number of carbonyl (C=O) groups excluding carboxylic acids is 1. The van der Waals surface area contributed by atoms with Gasteiger partial charge in [0.2, 0.25) is 5.91 Å². The van der Waals surface area contributed by atoms with E-state index in [1.807, 2.05) is 35.8 Å². The Morgan fingerprint density at radius 1 is 1.07 bits per heavy atom. The normalized spacial score (nSPS) is 15.9. The molecule has 1 aromatic heterocycles. The molecule has 1 aliphatic heterocycles. The van der Waals surface area contributed by atoms with Crippen LogP contribution in [-0.2, 0) is 17.9 Å². The minimum absolute atomic E-state index is 0.0720. The summed E-state index contributed by atoms with van der Waals surface area (Å²) in [6, 6.07) is 18.8. The van der Waals surface area contributed by atoms with Crippen molar-refractivity contribution >= 4 is 16.9 Å². The Morgan fingerprint density at radius 3 is 2.56 bits per heavy atom. The number of benzene rings is 2. The molecular weight excluding hydrogens is 336 g/mol. The van der Waals surface area contributed by atoms with Gasteiger partial charge in [-0.3, -0.25) is 9.69 Å². The molecule has 1 amide bonds. The van der Waals surface area contributed by atoms with Gasteiger partial charge in [-0.15, -0.1) is 0 Å². The minimum atomic E-state index is 0.0720. The van der Waals surface area contributed by atoms with Crippen molar-refractivity contribution in [3.05, 3.63) is 66.0 Å². The molecule has 0 unspecified atom stereocenters. The van der Waals surface area contributed by atoms with Gasteiger partial charge in [-0.05, 0) is 37.5 Å². The highest BCUT2D eigenvalue weighted by Gasteiger charge is 2.21. The van der Waals surface area contributed by atoms with E-state index in [0.717, 1.165) is 49.3 Å². The Morgan fingerprint density at radius 2 is 1.78 bits per heavy atom. The van der Waals surface area contributed by atoms with Crippen LogP contribution in [0.5, 0.6) is 0 Å². The first-order valence-corrected chi connectivity index (χ1v) is 9.66. The number of nitrogens with one attached hydrogen (secondary N) is 1. The molecule has 1 saturated heterocycles. The molecule has 0 atom stereocenters. The van der Waals surface area contributed by atoms with Gasteiger partial charge < -0.3 is 9.88 Å². The quantitative estimate of drug-likeness (QED) is 0.759. The minimum Gasteiger partial charge on any atom is -0.352 e. The summed E-state index contributed by atoms with van der Waals surface area (Å²) in [5, 5.41) is 3.22. The van der Waals surface area contributed by atoms with Crippen molar-refractivity contribution in [2.24, 2.45) is 0 Å². The number of hydrogen-bond donors (Lipinski definition) is 1. The highest BCUT2D eigenvalue weighted by molar-refractivity contribution is 5.81. The first-order chi connectivity index (χ1) is 13.2. The van der Waals surface area contributed by atoms with Gasteiger partial charge in [-0.25, -0.2) is 4.98 Å². The second-order valence-corrected chi connectivity index (χ2v) is 7.34. The molecule has 0 aliphatic carbocycles. The topological polar surface area (TPSA) is 50.2 Å². The summed E-state index contributed by atoms with van der Waals surface area (Å²) in [4.78, 5) is 19.6. The fourth-order valence-corrected chi connectivity index (χ4v) is 3.89. The number of nitrogens with zero attached hydrogens (tertiary/aromatic N) is 3. The van der Waals surface area contributed by atoms with Crippen LogP contribution in [0.2, 0.25) is 0 Å². The number of aromatic nitrogens is 2. The van der Waals surface area contributed by atoms with E-state index in [1.165, 1.54) is 5.56 Å². The number of fused-ring (bicyclic) bond motifs is 1. The lowest BCUT2D eigenvalue weighted by Crippen LogP contribution is -2.45. The molecule has 0 bridgehead atoms. The van der Waals surface area contributed by atoms with Gasteiger partial charge in [-0.1, -0.05) is 42.5 Å². The van der Waals surface area contributed by atoms with Gasteiger partial charge in [-0.2, -0.15) is 0 Å². The molecule has 2 aromatic carbocycles. The standard InChI is InChI=1S/C22H26N4O/c1-17-23-20-9-5-6-10-21(20)26(17)16-22(27)24-19-11-13-25(14-12-19)15-18-7-3-2-4-8-18/h2-10,19H,11-16H2,1H3,(H,24,27). The highest BCUT2D eigenvalue weighted by atomic mass is 16.2. The third-order valence-electron chi connectivity index (χ3n) is 5.35. The number of rotatable bonds is 5. The Hall–Kier alpha value is -2.66. The number of amides is 1. The number of carbonyl (C=O) groups is 1. The zero-order chi connectivity index (χ0) is 18.6. The molecule has 5 nitrogen and oxygen atoms in total. The molecule has 0 saturated carbocycles. The average molecular weight is 362 g/mol. The Kier molecular flexibility index (Phi) is 5.21. The van der Waals surface area contributed by atoms with E-state index in [2.05, 4.69) is 45.5 Å². The largest absolute Gasteiger partial charge is 0.352 e. The molecule has 140 valence electrons. The van der Waals surface area contributed by atoms with Crippen LogP contribution in [0, 0.1) is 6.92 Å². The Labute approximate surface area is 160 Å². The third kappa shape index (κ3) is 4.19. The Bertz CT molecular complexity index is 910. The average Bonchev–Trinajstić information content (AvgIpc) is 2.99. The number of likely N-dealkylation sites (tertiary alicyclic amines) is 1. The summed E-state index contributed by atoms with van der Waals surface area (Å²) in [7, 11) is 0. The molecule has 2 heterocycles. The van der Waals surface area contributed by atoms with E-state index in [9.17, 15) is 4.79 Å². The predicted octanol–water partition coefficient (Wildman–Crippen LogP) is 3.13. The number of hydrogen-bond acceptors (Lipinski definition) is 3. The van der Waals surface area contributed by atoms with Crippen LogP contribution >= 0.6 is 0 Å². The lowest BCUT2D eigenvalue weighted by Gasteiger charge is -2.32. The van der Waals surface area contributed by atoms with Crippen LogP contribution in [0.1, 0.15) is 24.2 Å². The van der Waals surface area contributed by atoms with Crippen LogP contribution in [0.15, 0.2) is 54.6 Å². The fraction of sp³-hybridized carbons (Fsp3) is 0.364. The van der Waals surface area contributed by atoms with E-state index in [1.54, 1.807) is 0 Å². The van der Waals surface area contributed by atoms with Gasteiger partial charge in [0.15, 0.2) is 0 Å². The number of imidazole rings is 1. The predicted molar refractivity (Wildman–Crippen MR) is 107 cm³/mol. The van der Waals surface area contributed by atoms with E-state index in [-0.39, 0.29) is 11.9 Å². The molecule has 1 N–H and O–H groups in total. The van der Waals surface area contributed by atoms with Crippen molar-refractivity contribution in [3.63, 3.8) is 0 Å². The summed E-state index contributed by atoms with van der Waals surface area (Å²) in [6.07, 6.45) is 2.00. The van der Waals surface area contributed by atoms with Crippen molar-refractivity contribution in [1.29, 1.82) is 0 Å². The smallest absolute Gasteiger partial charge is 0.240 e. The molecule has 4 rings (SSSR count). The number of piperidine rings is 1. The molecule has 27 heavy (non-hydrogen) atoms. The van der Waals surface area contributed by atoms with Crippen LogP contribution in [0.25, 0.3) is 11.0 Å². The van der Waals surface area contributed by atoms with Crippen LogP contribution < -0.4 is 5.32 Å². The lowest BCUT2D eigenvalue weighted by atomic mass is 10.0. The number of aryl methyl sites for hydroxylation is 1. The lowest BCUT2D eigenvalue weighted by molar-refractivity contribution is -0.122. The molecule has 0 radical (unpaired) electrons. The van der Waals surface area contributed by atoms with Gasteiger partial charge in [0.25, 0.3) is 0 Å². The maximum Gasteiger partial charge on any atom is 0.240 e. The van der Waals surface area contributed by atoms with Gasteiger partial charge in [0, 0.05) is 25.7 Å². The van der Waals surface area contributed by atoms with Crippen LogP contribution in [-0.4, -0.2) is 39.5 Å². The summed E-state index contributed by atoms with van der Waals surface area (Å²) in [5.74, 6) is 0.951. The first kappa shape index (κ1) is 17.7. The van der Waals surface area contributed by atoms with Gasteiger partial charge in [0.1, 0.15) is 12.4 Å². The van der Waals surface area contributed by atoms with Gasteiger partial charge >= 0.3 is 0 Å². The van der Waals surface area contributed by atoms with Crippen molar-refractivity contribution in [1.82, 2.24) is 19.8 Å². The number of para-hydroxylation sites is 2. The first-order valence-electron chi connectivity index (χ1n) is 9.66. The Balaban J connectivity index is 1.30. The molecule has 0 spiro atoms. The fourth-order valence-electron chi connectivity index (χ4n) is 3.89. The van der Waals surface area contributed by atoms with Crippen molar-refractivity contribution < 1.29 is 4.79 Å². The van der Waals surface area contributed by atoms with Crippen molar-refractivity contribution in [3.8, 4) is 0 Å². The summed E-state index contributed by atoms with van der Waals surface area (Å²) < 4.78 is 2.00. The monoisotopic (exact) mass is 362 g/mol. The zero-order valence-electron chi connectivity index (χ0n) is 15.8. The summed E-state index contributed by atoms with van der Waals surface area (Å²) >= 11 is 0. The second-order valence-electron chi connectivity index (χ2n) is 7.34. The summed E-state index contributed by atoms with van der Waals surface area (Å²) in [5.41, 5.74) is 3.31. The maximum atomic E-state index is 12.6. The highest BCUT2D eigenvalue weighted by Crippen LogP contribution is 2.16. The van der Waals surface area contributed by atoms with Crippen LogP contribution in [0.3, 0.4) is 0 Å². The van der Waals surface area contributed by atoms with Crippen molar-refractivity contribution in [2.75, 3.05) is 13.1 Å². The van der Waals surface area contributed by atoms with Gasteiger partial charge in [0.05, 0.1) is 11.0 Å².